The van der Waals surface area contributed by atoms with Crippen LogP contribution in [-0.4, -0.2) is 28.7 Å². The van der Waals surface area contributed by atoms with Crippen molar-refractivity contribution < 1.29 is 19.2 Å². The Hall–Kier alpha value is -3.45. The minimum absolute atomic E-state index is 0.0802. The maximum atomic E-state index is 12.3. The van der Waals surface area contributed by atoms with Gasteiger partial charge in [-0.2, -0.15) is 0 Å². The average Bonchev–Trinajstić information content (AvgIpc) is 3.17. The molecule has 0 fully saturated rings. The van der Waals surface area contributed by atoms with Crippen molar-refractivity contribution in [3.05, 3.63) is 71.9 Å². The van der Waals surface area contributed by atoms with Gasteiger partial charge in [0, 0.05) is 30.4 Å². The highest BCUT2D eigenvalue weighted by molar-refractivity contribution is 6.03. The second kappa shape index (κ2) is 8.77. The van der Waals surface area contributed by atoms with Crippen LogP contribution in [0.15, 0.2) is 65.2 Å². The van der Waals surface area contributed by atoms with E-state index in [0.717, 1.165) is 11.1 Å². The molecule has 7 heteroatoms. The summed E-state index contributed by atoms with van der Waals surface area (Å²) in [6.45, 7) is 0.967. The molecule has 2 aromatic carbocycles. The first-order valence-corrected chi connectivity index (χ1v) is 8.47. The van der Waals surface area contributed by atoms with Crippen molar-refractivity contribution in [2.45, 2.75) is 13.0 Å². The predicted molar refractivity (Wildman–Crippen MR) is 100 cm³/mol. The molecule has 0 saturated heterocycles. The summed E-state index contributed by atoms with van der Waals surface area (Å²) in [6, 6.07) is 18.3. The van der Waals surface area contributed by atoms with Crippen LogP contribution in [0.4, 0.5) is 5.69 Å². The molecule has 3 aromatic rings. The number of benzene rings is 2. The molecular formula is C20H19N3O4. The second-order valence-electron chi connectivity index (χ2n) is 5.91. The lowest BCUT2D eigenvalue weighted by Gasteiger charge is -2.06. The van der Waals surface area contributed by atoms with Crippen molar-refractivity contribution in [3.63, 3.8) is 0 Å². The maximum absolute atomic E-state index is 12.3. The highest BCUT2D eigenvalue weighted by Crippen LogP contribution is 2.20. The molecule has 1 amide bonds. The number of aliphatic carboxylic acids is 1. The van der Waals surface area contributed by atoms with Gasteiger partial charge in [-0.15, -0.1) is 0 Å². The Morgan fingerprint density at radius 3 is 2.48 bits per heavy atom. The minimum atomic E-state index is -0.830. The van der Waals surface area contributed by atoms with Crippen molar-refractivity contribution in [2.24, 2.45) is 0 Å². The summed E-state index contributed by atoms with van der Waals surface area (Å²) in [4.78, 5) is 22.8. The van der Waals surface area contributed by atoms with Gasteiger partial charge in [0.15, 0.2) is 11.5 Å². The van der Waals surface area contributed by atoms with E-state index >= 15 is 0 Å². The van der Waals surface area contributed by atoms with Gasteiger partial charge in [0.05, 0.1) is 6.42 Å². The molecule has 1 heterocycles. The van der Waals surface area contributed by atoms with Gasteiger partial charge in [0.1, 0.15) is 0 Å². The number of carbonyl (C=O) groups is 2. The molecule has 0 atom stereocenters. The van der Waals surface area contributed by atoms with E-state index in [2.05, 4.69) is 15.8 Å². The van der Waals surface area contributed by atoms with Crippen molar-refractivity contribution in [1.82, 2.24) is 10.5 Å². The summed E-state index contributed by atoms with van der Waals surface area (Å²) in [5.74, 6) is -0.652. The van der Waals surface area contributed by atoms with E-state index in [0.29, 0.717) is 24.5 Å². The summed E-state index contributed by atoms with van der Waals surface area (Å²) < 4.78 is 5.24. The Morgan fingerprint density at radius 1 is 1.04 bits per heavy atom. The van der Waals surface area contributed by atoms with Crippen LogP contribution in [0.1, 0.15) is 22.5 Å². The fraction of sp³-hybridized carbons (Fsp3) is 0.150. The standard InChI is InChI=1S/C20H19N3O4/c24-19(25)10-11-21-13-14-6-8-16(9-7-14)22-20(26)17-12-18(27-23-17)15-4-2-1-3-5-15/h1-9,12,21H,10-11,13H2,(H,22,26)(H,24,25). The Bertz CT molecular complexity index is 904. The zero-order valence-electron chi connectivity index (χ0n) is 14.5. The number of hydrogen-bond donors (Lipinski definition) is 3. The minimum Gasteiger partial charge on any atom is -0.481 e. The first-order valence-electron chi connectivity index (χ1n) is 8.47. The molecule has 27 heavy (non-hydrogen) atoms. The predicted octanol–water partition coefficient (Wildman–Crippen LogP) is 3.16. The molecule has 0 aliphatic carbocycles. The molecule has 7 nitrogen and oxygen atoms in total. The zero-order valence-corrected chi connectivity index (χ0v) is 14.5. The number of anilines is 1. The van der Waals surface area contributed by atoms with E-state index in [1.165, 1.54) is 0 Å². The van der Waals surface area contributed by atoms with Crippen LogP contribution in [0.3, 0.4) is 0 Å². The van der Waals surface area contributed by atoms with Crippen molar-refractivity contribution in [1.29, 1.82) is 0 Å². The number of carboxylic acids is 1. The number of carboxylic acid groups (broad SMARTS) is 1. The second-order valence-corrected chi connectivity index (χ2v) is 5.91. The molecule has 138 valence electrons. The summed E-state index contributed by atoms with van der Waals surface area (Å²) in [6.07, 6.45) is 0.0802. The third kappa shape index (κ3) is 5.26. The number of nitrogens with one attached hydrogen (secondary N) is 2. The Morgan fingerprint density at radius 2 is 1.78 bits per heavy atom. The van der Waals surface area contributed by atoms with E-state index < -0.39 is 5.97 Å². The molecule has 0 aliphatic rings. The molecule has 0 unspecified atom stereocenters. The maximum Gasteiger partial charge on any atom is 0.304 e. The van der Waals surface area contributed by atoms with E-state index in [-0.39, 0.29) is 18.0 Å². The van der Waals surface area contributed by atoms with Gasteiger partial charge in [-0.05, 0) is 17.7 Å². The molecule has 0 spiro atoms. The highest BCUT2D eigenvalue weighted by Gasteiger charge is 2.13. The van der Waals surface area contributed by atoms with Crippen LogP contribution in [-0.2, 0) is 11.3 Å². The van der Waals surface area contributed by atoms with Gasteiger partial charge in [-0.25, -0.2) is 0 Å². The van der Waals surface area contributed by atoms with Gasteiger partial charge >= 0.3 is 5.97 Å². The smallest absolute Gasteiger partial charge is 0.304 e. The SMILES string of the molecule is O=C(O)CCNCc1ccc(NC(=O)c2cc(-c3ccccc3)on2)cc1. The zero-order chi connectivity index (χ0) is 19.1. The summed E-state index contributed by atoms with van der Waals surface area (Å²) in [7, 11) is 0. The lowest BCUT2D eigenvalue weighted by atomic mass is 10.1. The molecule has 3 rings (SSSR count). The topological polar surface area (TPSA) is 104 Å². The third-order valence-electron chi connectivity index (χ3n) is 3.86. The van der Waals surface area contributed by atoms with E-state index in [4.69, 9.17) is 9.63 Å². The number of hydrogen-bond acceptors (Lipinski definition) is 5. The summed E-state index contributed by atoms with van der Waals surface area (Å²) >= 11 is 0. The fourth-order valence-corrected chi connectivity index (χ4v) is 2.45. The summed E-state index contributed by atoms with van der Waals surface area (Å²) in [5.41, 5.74) is 2.68. The highest BCUT2D eigenvalue weighted by atomic mass is 16.5. The summed E-state index contributed by atoms with van der Waals surface area (Å²) in [5, 5.41) is 18.2. The monoisotopic (exact) mass is 365 g/mol. The Balaban J connectivity index is 1.55. The number of carbonyl (C=O) groups excluding carboxylic acids is 1. The lowest BCUT2D eigenvalue weighted by Crippen LogP contribution is -2.17. The van der Waals surface area contributed by atoms with Crippen molar-refractivity contribution >= 4 is 17.6 Å². The molecule has 3 N–H and O–H groups in total. The van der Waals surface area contributed by atoms with Crippen LogP contribution >= 0.6 is 0 Å². The number of amides is 1. The van der Waals surface area contributed by atoms with Gasteiger partial charge < -0.3 is 20.3 Å². The first-order chi connectivity index (χ1) is 13.1. The molecule has 0 aliphatic heterocycles. The largest absolute Gasteiger partial charge is 0.481 e. The average molecular weight is 365 g/mol. The van der Waals surface area contributed by atoms with Crippen LogP contribution in [0.25, 0.3) is 11.3 Å². The van der Waals surface area contributed by atoms with Crippen LogP contribution in [0.2, 0.25) is 0 Å². The fourth-order valence-electron chi connectivity index (χ4n) is 2.45. The number of aromatic nitrogens is 1. The number of rotatable bonds is 8. The Labute approximate surface area is 156 Å². The third-order valence-corrected chi connectivity index (χ3v) is 3.86. The van der Waals surface area contributed by atoms with Gasteiger partial charge in [0.2, 0.25) is 0 Å². The molecule has 1 aromatic heterocycles. The van der Waals surface area contributed by atoms with Crippen molar-refractivity contribution in [3.8, 4) is 11.3 Å². The number of nitrogens with zero attached hydrogens (tertiary/aromatic N) is 1. The van der Waals surface area contributed by atoms with E-state index in [1.54, 1.807) is 18.2 Å². The van der Waals surface area contributed by atoms with E-state index in [9.17, 15) is 9.59 Å². The van der Waals surface area contributed by atoms with E-state index in [1.807, 2.05) is 42.5 Å². The quantitative estimate of drug-likeness (QED) is 0.530. The normalized spacial score (nSPS) is 10.5. The van der Waals surface area contributed by atoms with Crippen LogP contribution in [0, 0.1) is 0 Å². The lowest BCUT2D eigenvalue weighted by molar-refractivity contribution is -0.136. The van der Waals surface area contributed by atoms with Crippen molar-refractivity contribution in [2.75, 3.05) is 11.9 Å². The Kier molecular flexibility index (Phi) is 5.96. The van der Waals surface area contributed by atoms with Gasteiger partial charge in [0.25, 0.3) is 5.91 Å². The van der Waals surface area contributed by atoms with Gasteiger partial charge in [-0.3, -0.25) is 9.59 Å². The molecular weight excluding hydrogens is 346 g/mol. The first kappa shape index (κ1) is 18.3. The molecule has 0 radical (unpaired) electrons. The molecule has 0 bridgehead atoms. The molecule has 0 saturated carbocycles. The van der Waals surface area contributed by atoms with Crippen LogP contribution in [0.5, 0.6) is 0 Å². The van der Waals surface area contributed by atoms with Gasteiger partial charge in [-0.1, -0.05) is 47.6 Å². The van der Waals surface area contributed by atoms with Crippen LogP contribution < -0.4 is 10.6 Å².